The molecular weight excluding hydrogens is 472 g/mol. The summed E-state index contributed by atoms with van der Waals surface area (Å²) in [6.07, 6.45) is 9.17. The van der Waals surface area contributed by atoms with Gasteiger partial charge in [-0.15, -0.1) is 5.10 Å². The molecule has 2 fully saturated rings. The number of aromatic nitrogens is 5. The number of hydrogen-bond donors (Lipinski definition) is 1. The van der Waals surface area contributed by atoms with Gasteiger partial charge in [-0.3, -0.25) is 9.69 Å². The number of tetrazole rings is 1. The average Bonchev–Trinajstić information content (AvgIpc) is 3.42. The van der Waals surface area contributed by atoms with Crippen LogP contribution in [-0.4, -0.2) is 43.2 Å². The Hall–Kier alpha value is -3.32. The van der Waals surface area contributed by atoms with Crippen molar-refractivity contribution in [3.63, 3.8) is 0 Å². The molecule has 2 aliphatic rings. The Labute approximate surface area is 224 Å². The van der Waals surface area contributed by atoms with Crippen molar-refractivity contribution in [1.29, 1.82) is 0 Å². The van der Waals surface area contributed by atoms with Gasteiger partial charge in [0.1, 0.15) is 6.04 Å². The molecule has 1 atom stereocenters. The summed E-state index contributed by atoms with van der Waals surface area (Å²) in [5.41, 5.74) is 5.39. The van der Waals surface area contributed by atoms with E-state index in [2.05, 4.69) is 87.8 Å². The fourth-order valence-electron chi connectivity index (χ4n) is 6.52. The smallest absolute Gasteiger partial charge is 0.253 e. The quantitative estimate of drug-likeness (QED) is 0.361. The zero-order valence-electron chi connectivity index (χ0n) is 22.6. The van der Waals surface area contributed by atoms with Crippen molar-refractivity contribution in [3.05, 3.63) is 87.0 Å². The molecule has 3 heterocycles. The van der Waals surface area contributed by atoms with Crippen molar-refractivity contribution in [2.24, 2.45) is 5.92 Å². The molecule has 6 rings (SSSR count). The molecule has 38 heavy (non-hydrogen) atoms. The summed E-state index contributed by atoms with van der Waals surface area (Å²) in [6, 6.07) is 17.2. The number of fused-ring (bicyclic) bond motifs is 1. The van der Waals surface area contributed by atoms with Crippen LogP contribution < -0.4 is 5.56 Å². The van der Waals surface area contributed by atoms with E-state index in [9.17, 15) is 4.79 Å². The second-order valence-corrected chi connectivity index (χ2v) is 11.4. The molecule has 0 spiro atoms. The number of benzene rings is 2. The Kier molecular flexibility index (Phi) is 7.11. The van der Waals surface area contributed by atoms with Crippen molar-refractivity contribution in [3.8, 4) is 0 Å². The van der Waals surface area contributed by atoms with Gasteiger partial charge in [-0.1, -0.05) is 49.6 Å². The largest absolute Gasteiger partial charge is 0.322 e. The number of likely N-dealkylation sites (tertiary alicyclic amines) is 1. The number of aromatic amines is 1. The van der Waals surface area contributed by atoms with Gasteiger partial charge >= 0.3 is 0 Å². The van der Waals surface area contributed by atoms with Gasteiger partial charge in [0.15, 0.2) is 5.82 Å². The molecule has 0 amide bonds. The molecule has 7 nitrogen and oxygen atoms in total. The van der Waals surface area contributed by atoms with E-state index in [-0.39, 0.29) is 11.6 Å². The van der Waals surface area contributed by atoms with E-state index in [0.717, 1.165) is 67.5 Å². The van der Waals surface area contributed by atoms with Gasteiger partial charge < -0.3 is 4.98 Å². The summed E-state index contributed by atoms with van der Waals surface area (Å²) in [7, 11) is 0. The molecule has 1 aliphatic carbocycles. The SMILES string of the molecule is Cc1cc2cc([C@H](c3nnnn3C3CCCCC3)N3CCC(Cc4ccccc4)CC3)c(=O)[nH]c2cc1C. The summed E-state index contributed by atoms with van der Waals surface area (Å²) < 4.78 is 2.05. The van der Waals surface area contributed by atoms with Gasteiger partial charge in [0.05, 0.1) is 6.04 Å². The lowest BCUT2D eigenvalue weighted by Gasteiger charge is -2.37. The molecule has 2 aromatic heterocycles. The van der Waals surface area contributed by atoms with E-state index < -0.39 is 0 Å². The van der Waals surface area contributed by atoms with E-state index in [1.165, 1.54) is 36.0 Å². The van der Waals surface area contributed by atoms with Crippen LogP contribution >= 0.6 is 0 Å². The molecule has 0 unspecified atom stereocenters. The van der Waals surface area contributed by atoms with Crippen LogP contribution in [0.1, 0.15) is 85.1 Å². The number of pyridine rings is 1. The molecule has 1 saturated heterocycles. The number of nitrogens with zero attached hydrogens (tertiary/aromatic N) is 5. The third-order valence-corrected chi connectivity index (χ3v) is 8.85. The summed E-state index contributed by atoms with van der Waals surface area (Å²) in [5.74, 6) is 1.45. The lowest BCUT2D eigenvalue weighted by molar-refractivity contribution is 0.140. The fraction of sp³-hybridized carbons (Fsp3) is 0.484. The normalized spacial score (nSPS) is 18.7. The number of hydrogen-bond acceptors (Lipinski definition) is 5. The second-order valence-electron chi connectivity index (χ2n) is 11.4. The van der Waals surface area contributed by atoms with Crippen LogP contribution in [0.3, 0.4) is 0 Å². The van der Waals surface area contributed by atoms with E-state index in [1.54, 1.807) is 0 Å². The number of piperidine rings is 1. The maximum absolute atomic E-state index is 13.6. The fourth-order valence-corrected chi connectivity index (χ4v) is 6.52. The van der Waals surface area contributed by atoms with Gasteiger partial charge in [0.2, 0.25) is 0 Å². The van der Waals surface area contributed by atoms with E-state index in [1.807, 2.05) is 4.68 Å². The molecule has 7 heteroatoms. The first-order chi connectivity index (χ1) is 18.6. The lowest BCUT2D eigenvalue weighted by atomic mass is 9.88. The van der Waals surface area contributed by atoms with Crippen LogP contribution in [0, 0.1) is 19.8 Å². The zero-order chi connectivity index (χ0) is 26.1. The van der Waals surface area contributed by atoms with E-state index >= 15 is 0 Å². The van der Waals surface area contributed by atoms with Crippen molar-refractivity contribution in [2.45, 2.75) is 77.3 Å². The molecule has 0 bridgehead atoms. The number of H-pyrrole nitrogens is 1. The van der Waals surface area contributed by atoms with Crippen LogP contribution in [0.25, 0.3) is 10.9 Å². The first-order valence-electron chi connectivity index (χ1n) is 14.3. The van der Waals surface area contributed by atoms with Crippen LogP contribution in [0.2, 0.25) is 0 Å². The van der Waals surface area contributed by atoms with Crippen molar-refractivity contribution in [2.75, 3.05) is 13.1 Å². The van der Waals surface area contributed by atoms with Gasteiger partial charge in [-0.25, -0.2) is 4.68 Å². The highest BCUT2D eigenvalue weighted by molar-refractivity contribution is 5.81. The molecule has 1 N–H and O–H groups in total. The minimum atomic E-state index is -0.264. The molecular formula is C31H38N6O. The molecule has 0 radical (unpaired) electrons. The summed E-state index contributed by atoms with van der Waals surface area (Å²) in [4.78, 5) is 19.3. The predicted octanol–water partition coefficient (Wildman–Crippen LogP) is 5.68. The first-order valence-corrected chi connectivity index (χ1v) is 14.3. The lowest BCUT2D eigenvalue weighted by Crippen LogP contribution is -2.41. The summed E-state index contributed by atoms with van der Waals surface area (Å²) >= 11 is 0. The summed E-state index contributed by atoms with van der Waals surface area (Å²) in [5, 5.41) is 14.3. The highest BCUT2D eigenvalue weighted by atomic mass is 16.1. The third-order valence-electron chi connectivity index (χ3n) is 8.85. The monoisotopic (exact) mass is 510 g/mol. The van der Waals surface area contributed by atoms with Crippen LogP contribution in [0.15, 0.2) is 53.3 Å². The molecule has 2 aromatic carbocycles. The van der Waals surface area contributed by atoms with Crippen LogP contribution in [-0.2, 0) is 6.42 Å². The van der Waals surface area contributed by atoms with E-state index in [0.29, 0.717) is 12.0 Å². The molecule has 1 saturated carbocycles. The maximum atomic E-state index is 13.6. The highest BCUT2D eigenvalue weighted by Crippen LogP contribution is 2.35. The number of rotatable bonds is 6. The molecule has 198 valence electrons. The Morgan fingerprint density at radius 3 is 2.45 bits per heavy atom. The van der Waals surface area contributed by atoms with Crippen molar-refractivity contribution >= 4 is 10.9 Å². The number of aryl methyl sites for hydroxylation is 2. The van der Waals surface area contributed by atoms with Crippen LogP contribution in [0.5, 0.6) is 0 Å². The van der Waals surface area contributed by atoms with Gasteiger partial charge in [0.25, 0.3) is 5.56 Å². The molecule has 1 aliphatic heterocycles. The average molecular weight is 511 g/mol. The van der Waals surface area contributed by atoms with E-state index in [4.69, 9.17) is 0 Å². The predicted molar refractivity (Wildman–Crippen MR) is 150 cm³/mol. The summed E-state index contributed by atoms with van der Waals surface area (Å²) in [6.45, 7) is 6.05. The standard InChI is InChI=1S/C31H38N6O/c1-21-17-25-20-27(31(38)32-28(25)18-22(21)2)29(30-33-34-35-37(30)26-11-7-4-8-12-26)36-15-13-24(14-16-36)19-23-9-5-3-6-10-23/h3,5-6,9-10,17-18,20,24,26,29H,4,7-8,11-16,19H2,1-2H3,(H,32,38)/t29-/m1/s1. The Bertz CT molecular complexity index is 1440. The Morgan fingerprint density at radius 1 is 0.947 bits per heavy atom. The van der Waals surface area contributed by atoms with Gasteiger partial charge in [-0.05, 0) is 116 Å². The first kappa shape index (κ1) is 25.0. The van der Waals surface area contributed by atoms with Crippen LogP contribution in [0.4, 0.5) is 0 Å². The maximum Gasteiger partial charge on any atom is 0.253 e. The minimum absolute atomic E-state index is 0.0460. The zero-order valence-corrected chi connectivity index (χ0v) is 22.6. The highest BCUT2D eigenvalue weighted by Gasteiger charge is 2.34. The van der Waals surface area contributed by atoms with Crippen molar-refractivity contribution < 1.29 is 0 Å². The van der Waals surface area contributed by atoms with Gasteiger partial charge in [0, 0.05) is 11.1 Å². The second kappa shape index (κ2) is 10.8. The van der Waals surface area contributed by atoms with Gasteiger partial charge in [-0.2, -0.15) is 0 Å². The third kappa shape index (κ3) is 5.04. The minimum Gasteiger partial charge on any atom is -0.322 e. The topological polar surface area (TPSA) is 79.7 Å². The van der Waals surface area contributed by atoms with Crippen molar-refractivity contribution in [1.82, 2.24) is 30.1 Å². The Balaban J connectivity index is 1.36. The Morgan fingerprint density at radius 2 is 1.68 bits per heavy atom. The molecule has 4 aromatic rings. The number of nitrogens with one attached hydrogen (secondary N) is 1.